The smallest absolute Gasteiger partial charge is 0.333 e. The van der Waals surface area contributed by atoms with Crippen LogP contribution in [-0.4, -0.2) is 136 Å². The van der Waals surface area contributed by atoms with Crippen LogP contribution in [0.3, 0.4) is 0 Å². The molecular weight excluding hydrogens is 1380 g/mol. The Morgan fingerprint density at radius 1 is 0.481 bits per heavy atom. The predicted octanol–water partition coefficient (Wildman–Crippen LogP) is 10.7. The van der Waals surface area contributed by atoms with Gasteiger partial charge < -0.3 is 37.9 Å². The van der Waals surface area contributed by atoms with E-state index in [1.54, 1.807) is 62.3 Å². The van der Waals surface area contributed by atoms with E-state index in [9.17, 15) is 38.4 Å². The van der Waals surface area contributed by atoms with Crippen LogP contribution in [0.2, 0.25) is 0 Å². The average Bonchev–Trinajstić information content (AvgIpc) is 1.61. The number of rotatable bonds is 28. The summed E-state index contributed by atoms with van der Waals surface area (Å²) >= 11 is 0. The highest BCUT2D eigenvalue weighted by molar-refractivity contribution is 5.09. The zero-order valence-corrected chi connectivity index (χ0v) is 65.3. The summed E-state index contributed by atoms with van der Waals surface area (Å²) < 4.78 is 57.2. The molecule has 106 heavy (non-hydrogen) atoms. The monoisotopic (exact) mass is 1490 g/mol. The first-order valence-electron chi connectivity index (χ1n) is 36.4. The zero-order valence-electron chi connectivity index (χ0n) is 65.3. The molecule has 0 amide bonds. The van der Waals surface area contributed by atoms with Crippen molar-refractivity contribution in [2.45, 2.75) is 300 Å². The largest absolute Gasteiger partial charge is 0.379 e. The molecule has 588 valence electrons. The molecule has 0 radical (unpaired) electrons. The first-order valence-corrected chi connectivity index (χ1v) is 36.4. The summed E-state index contributed by atoms with van der Waals surface area (Å²) in [5.74, 6) is 0.535. The van der Waals surface area contributed by atoms with E-state index in [0.29, 0.717) is 86.8 Å². The number of azide groups is 4. The molecule has 4 aliphatic heterocycles. The highest BCUT2D eigenvalue weighted by Gasteiger charge is 2.41. The van der Waals surface area contributed by atoms with E-state index in [2.05, 4.69) is 47.0 Å². The number of hydrogen-bond acceptors (Lipinski definition) is 20. The zero-order chi connectivity index (χ0) is 79.2. The molecule has 8 heterocycles. The fourth-order valence-electron chi connectivity index (χ4n) is 12.2. The molecule has 0 bridgehead atoms. The van der Waals surface area contributed by atoms with Crippen molar-refractivity contribution in [1.82, 2.24) is 36.5 Å². The Bertz CT molecular complexity index is 4300. The second-order valence-electron chi connectivity index (χ2n) is 30.4. The highest BCUT2D eigenvalue weighted by atomic mass is 16.6. The normalized spacial score (nSPS) is 22.7. The third kappa shape index (κ3) is 24.1. The molecule has 0 aromatic carbocycles. The fraction of sp³-hybridized carbons (Fsp3) is 0.771. The van der Waals surface area contributed by atoms with E-state index in [1.165, 1.54) is 61.3 Å². The molecule has 4 aromatic rings. The summed E-state index contributed by atoms with van der Waals surface area (Å²) in [4.78, 5) is 112. The first-order chi connectivity index (χ1) is 49.9. The van der Waals surface area contributed by atoms with Crippen molar-refractivity contribution in [2.24, 2.45) is 32.3 Å². The fourth-order valence-corrected chi connectivity index (χ4v) is 12.2. The van der Waals surface area contributed by atoms with Gasteiger partial charge in [0.1, 0.15) is 24.9 Å². The SMILES string of the molecule is CCCCOC[C@H]1O[C@@H](n2cc(C)c(=O)n(CCCC)c2=O)CC1N=[N+]=[N-].Cc1cn([C@H]2CC(N=[N+]=[N-])[C@@H](COC(C)(C)C)O2)c(=O)n(C(C)(C)C)c1=O.Cc1cn([C@H]2CC(N=[N+]=[N-])[C@@H](COC(C)C)O2)c(=O)n(C(C)C)c1=O.Cc1cn([C@H]2CC(N=[N+]=[N-])[C@@H](COCC(C)C)O2)c(=O)n(CC(C)C)c1=O. The van der Waals surface area contributed by atoms with E-state index in [0.717, 1.165) is 25.7 Å². The second kappa shape index (κ2) is 40.6. The minimum atomic E-state index is -0.667. The van der Waals surface area contributed by atoms with Gasteiger partial charge in [-0.2, -0.15) is 0 Å². The van der Waals surface area contributed by atoms with Crippen LogP contribution < -0.4 is 45.0 Å². The van der Waals surface area contributed by atoms with Crippen LogP contribution in [0.25, 0.3) is 41.8 Å². The van der Waals surface area contributed by atoms with Crippen LogP contribution in [0.1, 0.15) is 215 Å². The van der Waals surface area contributed by atoms with Gasteiger partial charge in [0.05, 0.1) is 86.7 Å². The van der Waals surface area contributed by atoms with Crippen LogP contribution in [-0.2, 0) is 56.5 Å². The van der Waals surface area contributed by atoms with Gasteiger partial charge in [-0.25, -0.2) is 19.2 Å². The van der Waals surface area contributed by atoms with Crippen molar-refractivity contribution < 1.29 is 37.9 Å². The topological polar surface area (TPSA) is 445 Å². The van der Waals surface area contributed by atoms with E-state index in [1.807, 2.05) is 69.2 Å². The Kier molecular flexibility index (Phi) is 33.8. The van der Waals surface area contributed by atoms with E-state index < -0.39 is 102 Å². The van der Waals surface area contributed by atoms with Crippen molar-refractivity contribution in [1.29, 1.82) is 0 Å². The van der Waals surface area contributed by atoms with Crippen molar-refractivity contribution in [2.75, 3.05) is 39.6 Å². The quantitative estimate of drug-likeness (QED) is 0.0221. The Balaban J connectivity index is 0.000000254. The summed E-state index contributed by atoms with van der Waals surface area (Å²) in [6, 6.07) is -1.99. The summed E-state index contributed by atoms with van der Waals surface area (Å²) in [5.41, 5.74) is 33.3. The first kappa shape index (κ1) is 88.3. The van der Waals surface area contributed by atoms with Gasteiger partial charge in [-0.1, -0.05) is 74.8 Å². The van der Waals surface area contributed by atoms with Gasteiger partial charge in [-0.3, -0.25) is 55.7 Å². The summed E-state index contributed by atoms with van der Waals surface area (Å²) in [5, 5.41) is 15.2. The van der Waals surface area contributed by atoms with Gasteiger partial charge in [-0.15, -0.1) is 0 Å². The van der Waals surface area contributed by atoms with Gasteiger partial charge in [0.2, 0.25) is 0 Å². The molecule has 0 saturated carbocycles. The lowest BCUT2D eigenvalue weighted by Crippen LogP contribution is -2.49. The number of nitrogens with zero attached hydrogens (tertiary/aromatic N) is 20. The number of ether oxygens (including phenoxy) is 8. The summed E-state index contributed by atoms with van der Waals surface area (Å²) in [6.07, 6.45) is 6.97. The molecule has 0 N–H and O–H groups in total. The molecular formula is C70H112N20O16. The van der Waals surface area contributed by atoms with Gasteiger partial charge in [-0.05, 0) is 144 Å². The number of unbranched alkanes of at least 4 members (excludes halogenated alkanes) is 2. The number of aromatic nitrogens is 8. The standard InChI is InChI=1S/3C18H29N5O4.C16H25N5O4/c1-11-9-22(16(25)23(15(11)24)17(2,3)4)14-8-12(20-21-19)13(27-14)10-26-18(5,6)7;1-11(2)7-23-17(24)13(5)8-22(18(23)25)16-6-14(20-21-19)15(27-16)10-26-9-12(3)4;1-4-6-8-22-17(24)13(3)11-23(18(22)25)16-10-14(20-21-19)15(27-16)12-26-9-7-5-2;1-9(2)21-15(22)11(5)7-20(16(21)23)14-6-12(18-19-17)13(25-14)8-24-10(3)4/h9,12-14H,8,10H2,1-7H3;8,11-12,14-16H,6-7,9-10H2,1-5H3;11,14-16H,4-10,12H2,1-3H3;7,9-10,12-14H,6,8H2,1-5H3/t12?,13-,14-;2*14?,15-,16-;12?,13-,14-/m1111/s1. The third-order valence-electron chi connectivity index (χ3n) is 17.6. The van der Waals surface area contributed by atoms with E-state index in [-0.39, 0.29) is 65.7 Å². The maximum Gasteiger partial charge on any atom is 0.333 e. The molecule has 12 atom stereocenters. The molecule has 8 rings (SSSR count). The molecule has 36 heteroatoms. The number of hydrogen-bond donors (Lipinski definition) is 0. The van der Waals surface area contributed by atoms with Gasteiger partial charge in [0, 0.05) is 130 Å². The van der Waals surface area contributed by atoms with Crippen LogP contribution in [0.4, 0.5) is 0 Å². The maximum atomic E-state index is 13.0. The van der Waals surface area contributed by atoms with Crippen LogP contribution in [0.15, 0.2) is 83.6 Å². The van der Waals surface area contributed by atoms with Crippen LogP contribution in [0.5, 0.6) is 0 Å². The molecule has 4 saturated heterocycles. The van der Waals surface area contributed by atoms with Gasteiger partial charge >= 0.3 is 22.8 Å². The molecule has 0 aliphatic carbocycles. The lowest BCUT2D eigenvalue weighted by molar-refractivity contribution is -0.0859. The van der Waals surface area contributed by atoms with Crippen molar-refractivity contribution in [3.8, 4) is 0 Å². The Labute approximate surface area is 615 Å². The molecule has 4 aliphatic rings. The highest BCUT2D eigenvalue weighted by Crippen LogP contribution is 2.35. The minimum Gasteiger partial charge on any atom is -0.379 e. The van der Waals surface area contributed by atoms with E-state index in [4.69, 9.17) is 60.0 Å². The van der Waals surface area contributed by atoms with E-state index >= 15 is 0 Å². The Morgan fingerprint density at radius 2 is 0.858 bits per heavy atom. The molecule has 36 nitrogen and oxygen atoms in total. The second-order valence-corrected chi connectivity index (χ2v) is 30.4. The van der Waals surface area contributed by atoms with Crippen molar-refractivity contribution in [3.63, 3.8) is 0 Å². The lowest BCUT2D eigenvalue weighted by atomic mass is 10.1. The summed E-state index contributed by atoms with van der Waals surface area (Å²) in [6.45, 7) is 40.4. The van der Waals surface area contributed by atoms with Gasteiger partial charge in [0.15, 0.2) is 0 Å². The van der Waals surface area contributed by atoms with Crippen molar-refractivity contribution in [3.05, 3.63) is 172 Å². The molecule has 4 unspecified atom stereocenters. The minimum absolute atomic E-state index is 0.0159. The average molecular weight is 1490 g/mol. The molecule has 4 aromatic heterocycles. The Hall–Kier alpha value is -8.36. The van der Waals surface area contributed by atoms with Crippen LogP contribution >= 0.6 is 0 Å². The Morgan fingerprint density at radius 3 is 1.25 bits per heavy atom. The predicted molar refractivity (Wildman–Crippen MR) is 398 cm³/mol. The maximum absolute atomic E-state index is 13.0. The number of aryl methyl sites for hydroxylation is 4. The molecule has 4 fully saturated rings. The molecule has 0 spiro atoms. The van der Waals surface area contributed by atoms with Crippen LogP contribution in [0, 0.1) is 39.5 Å². The third-order valence-corrected chi connectivity index (χ3v) is 17.6. The van der Waals surface area contributed by atoms with Gasteiger partial charge in [0.25, 0.3) is 22.2 Å². The van der Waals surface area contributed by atoms with Crippen molar-refractivity contribution >= 4 is 0 Å². The summed E-state index contributed by atoms with van der Waals surface area (Å²) in [7, 11) is 0. The lowest BCUT2D eigenvalue weighted by Gasteiger charge is -2.25.